The Labute approximate surface area is 134 Å². The molecule has 1 aromatic carbocycles. The van der Waals surface area contributed by atoms with Crippen molar-refractivity contribution >= 4 is 0 Å². The highest BCUT2D eigenvalue weighted by molar-refractivity contribution is 5.21. The molecule has 1 aromatic rings. The van der Waals surface area contributed by atoms with E-state index in [9.17, 15) is 4.39 Å². The summed E-state index contributed by atoms with van der Waals surface area (Å²) in [6.45, 7) is 2.14. The summed E-state index contributed by atoms with van der Waals surface area (Å²) in [6.07, 6.45) is 15.6. The van der Waals surface area contributed by atoms with E-state index in [1.807, 2.05) is 12.1 Å². The van der Waals surface area contributed by atoms with Gasteiger partial charge >= 0.3 is 0 Å². The zero-order chi connectivity index (χ0) is 15.4. The minimum Gasteiger partial charge on any atom is -0.207 e. The first-order valence-corrected chi connectivity index (χ1v) is 9.14. The summed E-state index contributed by atoms with van der Waals surface area (Å²) in [4.78, 5) is 0. The van der Waals surface area contributed by atoms with Crippen LogP contribution in [0, 0.1) is 23.6 Å². The van der Waals surface area contributed by atoms with Crippen LogP contribution in [0.4, 0.5) is 4.39 Å². The van der Waals surface area contributed by atoms with E-state index in [-0.39, 0.29) is 5.82 Å². The van der Waals surface area contributed by atoms with E-state index in [0.29, 0.717) is 5.92 Å². The molecule has 0 aromatic heterocycles. The zero-order valence-electron chi connectivity index (χ0n) is 13.8. The molecule has 0 atom stereocenters. The lowest BCUT2D eigenvalue weighted by atomic mass is 9.68. The first kappa shape index (κ1) is 15.8. The Kier molecular flexibility index (Phi) is 5.33. The van der Waals surface area contributed by atoms with Gasteiger partial charge in [-0.25, -0.2) is 4.39 Å². The maximum atomic E-state index is 13.0. The summed E-state index contributed by atoms with van der Waals surface area (Å²) in [5.41, 5.74) is 1.34. The van der Waals surface area contributed by atoms with Gasteiger partial charge in [-0.2, -0.15) is 0 Å². The van der Waals surface area contributed by atoms with Gasteiger partial charge < -0.3 is 0 Å². The summed E-state index contributed by atoms with van der Waals surface area (Å²) in [7, 11) is 0. The van der Waals surface area contributed by atoms with Gasteiger partial charge in [-0.15, -0.1) is 0 Å². The Morgan fingerprint density at radius 1 is 0.818 bits per heavy atom. The molecule has 0 spiro atoms. The van der Waals surface area contributed by atoms with E-state index in [0.717, 1.165) is 17.8 Å². The fraction of sp³-hybridized carbons (Fsp3) is 0.619. The molecule has 0 radical (unpaired) electrons. The molecule has 0 N–H and O–H groups in total. The average Bonchev–Trinajstić information content (AvgIpc) is 2.57. The Hall–Kier alpha value is -1.11. The lowest BCUT2D eigenvalue weighted by Gasteiger charge is -2.37. The van der Waals surface area contributed by atoms with Crippen molar-refractivity contribution in [3.05, 3.63) is 47.8 Å². The lowest BCUT2D eigenvalue weighted by Crippen LogP contribution is -2.25. The van der Waals surface area contributed by atoms with Crippen molar-refractivity contribution in [2.45, 2.75) is 64.2 Å². The minimum absolute atomic E-state index is 0.115. The van der Waals surface area contributed by atoms with Gasteiger partial charge in [0.15, 0.2) is 0 Å². The predicted octanol–water partition coefficient (Wildman–Crippen LogP) is 6.48. The summed E-state index contributed by atoms with van der Waals surface area (Å²) >= 11 is 0. The second-order valence-electron chi connectivity index (χ2n) is 7.36. The largest absolute Gasteiger partial charge is 0.207 e. The van der Waals surface area contributed by atoms with Gasteiger partial charge in [0.05, 0.1) is 0 Å². The highest BCUT2D eigenvalue weighted by atomic mass is 19.1. The zero-order valence-corrected chi connectivity index (χ0v) is 13.8. The van der Waals surface area contributed by atoms with Crippen molar-refractivity contribution in [3.63, 3.8) is 0 Å². The molecule has 22 heavy (non-hydrogen) atoms. The fourth-order valence-electron chi connectivity index (χ4n) is 4.74. The Morgan fingerprint density at radius 3 is 1.91 bits per heavy atom. The van der Waals surface area contributed by atoms with Crippen molar-refractivity contribution in [1.82, 2.24) is 0 Å². The first-order valence-electron chi connectivity index (χ1n) is 9.14. The number of hydrogen-bond acceptors (Lipinski definition) is 0. The van der Waals surface area contributed by atoms with Crippen LogP contribution >= 0.6 is 0 Å². The minimum atomic E-state index is -0.115. The van der Waals surface area contributed by atoms with Crippen LogP contribution in [0.3, 0.4) is 0 Å². The van der Waals surface area contributed by atoms with Gasteiger partial charge in [-0.05, 0) is 99.7 Å². The molecular weight excluding hydrogens is 271 g/mol. The number of halogens is 1. The topological polar surface area (TPSA) is 0 Å². The lowest BCUT2D eigenvalue weighted by molar-refractivity contribution is 0.171. The molecule has 0 saturated heterocycles. The molecule has 2 aliphatic carbocycles. The Morgan fingerprint density at radius 2 is 1.36 bits per heavy atom. The van der Waals surface area contributed by atoms with E-state index in [4.69, 9.17) is 0 Å². The predicted molar refractivity (Wildman–Crippen MR) is 91.4 cm³/mol. The molecule has 0 amide bonds. The molecule has 3 rings (SSSR count). The van der Waals surface area contributed by atoms with Crippen molar-refractivity contribution in [1.29, 1.82) is 0 Å². The molecular formula is C21H29F. The van der Waals surface area contributed by atoms with Gasteiger partial charge in [0, 0.05) is 0 Å². The van der Waals surface area contributed by atoms with E-state index >= 15 is 0 Å². The summed E-state index contributed by atoms with van der Waals surface area (Å²) in [6, 6.07) is 7.21. The van der Waals surface area contributed by atoms with Crippen molar-refractivity contribution in [3.8, 4) is 0 Å². The van der Waals surface area contributed by atoms with Crippen LogP contribution in [-0.2, 0) is 0 Å². The molecule has 120 valence electrons. The van der Waals surface area contributed by atoms with Gasteiger partial charge in [0.25, 0.3) is 0 Å². The van der Waals surface area contributed by atoms with Gasteiger partial charge in [0.1, 0.15) is 5.82 Å². The maximum absolute atomic E-state index is 13.0. The standard InChI is InChI=1S/C21H29F/c1-2-3-16-4-6-17(7-5-16)18-8-10-19(11-9-18)20-12-14-21(22)15-13-20/h2-3,12-19H,4-11H2,1H3/b3-2+/t16-,17-,18-,19-. The van der Waals surface area contributed by atoms with Crippen molar-refractivity contribution < 1.29 is 4.39 Å². The van der Waals surface area contributed by atoms with Crippen LogP contribution in [0.15, 0.2) is 36.4 Å². The average molecular weight is 300 g/mol. The Bertz CT molecular complexity index is 471. The molecule has 2 aliphatic rings. The molecule has 0 unspecified atom stereocenters. The third-order valence-corrected chi connectivity index (χ3v) is 6.06. The molecule has 0 nitrogen and oxygen atoms in total. The SMILES string of the molecule is C/C=C/[C@H]1CC[C@H]([C@H]2CC[C@H](c3ccc(F)cc3)CC2)CC1. The van der Waals surface area contributed by atoms with E-state index in [1.54, 1.807) is 12.1 Å². The summed E-state index contributed by atoms with van der Waals surface area (Å²) in [5, 5.41) is 0. The quantitative estimate of drug-likeness (QED) is 0.560. The van der Waals surface area contributed by atoms with Crippen LogP contribution in [0.5, 0.6) is 0 Å². The monoisotopic (exact) mass is 300 g/mol. The number of hydrogen-bond donors (Lipinski definition) is 0. The van der Waals surface area contributed by atoms with E-state index in [2.05, 4.69) is 19.1 Å². The van der Waals surface area contributed by atoms with Gasteiger partial charge in [0.2, 0.25) is 0 Å². The van der Waals surface area contributed by atoms with Crippen LogP contribution < -0.4 is 0 Å². The molecule has 0 heterocycles. The Balaban J connectivity index is 1.49. The number of benzene rings is 1. The van der Waals surface area contributed by atoms with E-state index < -0.39 is 0 Å². The van der Waals surface area contributed by atoms with Gasteiger partial charge in [-0.1, -0.05) is 24.3 Å². The van der Waals surface area contributed by atoms with Crippen LogP contribution in [0.1, 0.15) is 69.8 Å². The van der Waals surface area contributed by atoms with Crippen molar-refractivity contribution in [2.75, 3.05) is 0 Å². The maximum Gasteiger partial charge on any atom is 0.123 e. The normalized spacial score (nSPS) is 33.2. The molecule has 2 fully saturated rings. The molecule has 2 saturated carbocycles. The fourth-order valence-corrected chi connectivity index (χ4v) is 4.74. The highest BCUT2D eigenvalue weighted by Crippen LogP contribution is 2.44. The second kappa shape index (κ2) is 7.44. The number of rotatable bonds is 3. The van der Waals surface area contributed by atoms with Crippen molar-refractivity contribution in [2.24, 2.45) is 17.8 Å². The first-order chi connectivity index (χ1) is 10.8. The van der Waals surface area contributed by atoms with Crippen LogP contribution in [0.2, 0.25) is 0 Å². The van der Waals surface area contributed by atoms with Crippen LogP contribution in [-0.4, -0.2) is 0 Å². The summed E-state index contributed by atoms with van der Waals surface area (Å²) < 4.78 is 13.0. The molecule has 0 aliphatic heterocycles. The smallest absolute Gasteiger partial charge is 0.123 e. The van der Waals surface area contributed by atoms with Gasteiger partial charge in [-0.3, -0.25) is 0 Å². The third kappa shape index (κ3) is 3.80. The molecule has 1 heteroatoms. The highest BCUT2D eigenvalue weighted by Gasteiger charge is 2.30. The van der Waals surface area contributed by atoms with E-state index in [1.165, 1.54) is 56.9 Å². The molecule has 0 bridgehead atoms. The number of allylic oxidation sites excluding steroid dienone is 2. The second-order valence-corrected chi connectivity index (χ2v) is 7.36. The van der Waals surface area contributed by atoms with Crippen LogP contribution in [0.25, 0.3) is 0 Å². The summed E-state index contributed by atoms with van der Waals surface area (Å²) in [5.74, 6) is 3.31. The third-order valence-electron chi connectivity index (χ3n) is 6.06.